The maximum atomic E-state index is 13.7. The third-order valence-electron chi connectivity index (χ3n) is 2.98. The number of hydrogen-bond donors (Lipinski definition) is 3. The highest BCUT2D eigenvalue weighted by Gasteiger charge is 2.10. The topological polar surface area (TPSA) is 88.8 Å². The van der Waals surface area contributed by atoms with Gasteiger partial charge < -0.3 is 16.4 Å². The van der Waals surface area contributed by atoms with E-state index in [0.717, 1.165) is 0 Å². The molecule has 0 unspecified atom stereocenters. The quantitative estimate of drug-likeness (QED) is 0.675. The van der Waals surface area contributed by atoms with Gasteiger partial charge in [-0.1, -0.05) is 23.7 Å². The molecule has 0 atom stereocenters. The molecule has 3 aromatic rings. The monoisotopic (exact) mass is 330 g/mol. The predicted molar refractivity (Wildman–Crippen MR) is 88.7 cm³/mol. The first-order valence-electron chi connectivity index (χ1n) is 6.64. The van der Waals surface area contributed by atoms with Crippen LogP contribution in [0.5, 0.6) is 0 Å². The molecule has 3 rings (SSSR count). The van der Waals surface area contributed by atoms with E-state index in [2.05, 4.69) is 25.6 Å². The average molecular weight is 331 g/mol. The molecule has 0 bridgehead atoms. The molecule has 8 heteroatoms. The summed E-state index contributed by atoms with van der Waals surface area (Å²) in [4.78, 5) is 12.2. The van der Waals surface area contributed by atoms with Crippen molar-refractivity contribution in [3.8, 4) is 0 Å². The summed E-state index contributed by atoms with van der Waals surface area (Å²) in [7, 11) is 0. The van der Waals surface area contributed by atoms with E-state index in [4.69, 9.17) is 17.3 Å². The van der Waals surface area contributed by atoms with Crippen LogP contribution in [0.25, 0.3) is 0 Å². The maximum absolute atomic E-state index is 13.7. The Balaban J connectivity index is 1.86. The largest absolute Gasteiger partial charge is 0.393 e. The van der Waals surface area contributed by atoms with Crippen molar-refractivity contribution < 1.29 is 4.39 Å². The molecule has 2 aromatic heterocycles. The lowest BCUT2D eigenvalue weighted by Crippen LogP contribution is -2.06. The van der Waals surface area contributed by atoms with E-state index < -0.39 is 5.82 Å². The number of benzene rings is 1. The zero-order valence-corrected chi connectivity index (χ0v) is 12.5. The van der Waals surface area contributed by atoms with Gasteiger partial charge in [-0.25, -0.2) is 19.3 Å². The van der Waals surface area contributed by atoms with Crippen LogP contribution in [0.2, 0.25) is 5.02 Å². The SMILES string of the molecule is Nc1c(Nc2ccc(Cl)cn2)ncnc1Nc1ccccc1F. The minimum atomic E-state index is -0.403. The van der Waals surface area contributed by atoms with Crippen LogP contribution in [-0.4, -0.2) is 15.0 Å². The van der Waals surface area contributed by atoms with Crippen molar-refractivity contribution in [2.24, 2.45) is 0 Å². The molecule has 116 valence electrons. The van der Waals surface area contributed by atoms with Gasteiger partial charge in [0.25, 0.3) is 0 Å². The fourth-order valence-electron chi connectivity index (χ4n) is 1.86. The number of nitrogen functional groups attached to an aromatic ring is 1. The third-order valence-corrected chi connectivity index (χ3v) is 3.21. The Kier molecular flexibility index (Phi) is 4.20. The summed E-state index contributed by atoms with van der Waals surface area (Å²) < 4.78 is 13.7. The van der Waals surface area contributed by atoms with Crippen molar-refractivity contribution in [2.75, 3.05) is 16.4 Å². The van der Waals surface area contributed by atoms with E-state index in [0.29, 0.717) is 22.5 Å². The van der Waals surface area contributed by atoms with Crippen LogP contribution in [0.3, 0.4) is 0 Å². The summed E-state index contributed by atoms with van der Waals surface area (Å²) in [6.07, 6.45) is 2.82. The van der Waals surface area contributed by atoms with E-state index in [-0.39, 0.29) is 11.4 Å². The number of halogens is 2. The van der Waals surface area contributed by atoms with Gasteiger partial charge in [-0.05, 0) is 24.3 Å². The van der Waals surface area contributed by atoms with E-state index in [1.165, 1.54) is 18.6 Å². The fraction of sp³-hybridized carbons (Fsp3) is 0. The van der Waals surface area contributed by atoms with Crippen molar-refractivity contribution in [3.05, 3.63) is 59.8 Å². The Morgan fingerprint density at radius 2 is 1.70 bits per heavy atom. The smallest absolute Gasteiger partial charge is 0.160 e. The number of nitrogens with one attached hydrogen (secondary N) is 2. The summed E-state index contributed by atoms with van der Waals surface area (Å²) in [6, 6.07) is 9.62. The lowest BCUT2D eigenvalue weighted by Gasteiger charge is -2.12. The Bertz CT molecular complexity index is 824. The van der Waals surface area contributed by atoms with Crippen molar-refractivity contribution in [1.29, 1.82) is 0 Å². The lowest BCUT2D eigenvalue weighted by molar-refractivity contribution is 0.632. The van der Waals surface area contributed by atoms with Crippen LogP contribution < -0.4 is 16.4 Å². The molecule has 0 aliphatic heterocycles. The minimum absolute atomic E-state index is 0.243. The van der Waals surface area contributed by atoms with Crippen molar-refractivity contribution in [3.63, 3.8) is 0 Å². The number of para-hydroxylation sites is 1. The van der Waals surface area contributed by atoms with Gasteiger partial charge in [0.05, 0.1) is 10.7 Å². The molecule has 0 radical (unpaired) electrons. The highest BCUT2D eigenvalue weighted by molar-refractivity contribution is 6.30. The van der Waals surface area contributed by atoms with Gasteiger partial charge in [0.2, 0.25) is 0 Å². The van der Waals surface area contributed by atoms with Gasteiger partial charge in [0.15, 0.2) is 11.6 Å². The summed E-state index contributed by atoms with van der Waals surface area (Å²) in [5, 5.41) is 6.33. The van der Waals surface area contributed by atoms with Crippen LogP contribution in [-0.2, 0) is 0 Å². The Morgan fingerprint density at radius 1 is 0.957 bits per heavy atom. The highest BCUT2D eigenvalue weighted by Crippen LogP contribution is 2.28. The number of hydrogen-bond acceptors (Lipinski definition) is 6. The summed E-state index contributed by atoms with van der Waals surface area (Å²) in [6.45, 7) is 0. The van der Waals surface area contributed by atoms with Crippen molar-refractivity contribution in [2.45, 2.75) is 0 Å². The zero-order valence-electron chi connectivity index (χ0n) is 11.8. The number of rotatable bonds is 4. The molecule has 4 N–H and O–H groups in total. The predicted octanol–water partition coefficient (Wildman–Crippen LogP) is 3.73. The first-order chi connectivity index (χ1) is 11.1. The summed E-state index contributed by atoms with van der Waals surface area (Å²) in [5.41, 5.74) is 6.55. The Labute approximate surface area is 136 Å². The van der Waals surface area contributed by atoms with Gasteiger partial charge in [-0.2, -0.15) is 0 Å². The van der Waals surface area contributed by atoms with Crippen LogP contribution in [0.4, 0.5) is 33.2 Å². The summed E-state index contributed by atoms with van der Waals surface area (Å²) >= 11 is 5.79. The molecular weight excluding hydrogens is 319 g/mol. The van der Waals surface area contributed by atoms with Crippen LogP contribution in [0.15, 0.2) is 48.9 Å². The van der Waals surface area contributed by atoms with Gasteiger partial charge in [-0.3, -0.25) is 0 Å². The van der Waals surface area contributed by atoms with Gasteiger partial charge in [-0.15, -0.1) is 0 Å². The van der Waals surface area contributed by atoms with Gasteiger partial charge in [0, 0.05) is 6.20 Å². The Hall–Kier alpha value is -2.93. The molecule has 1 aromatic carbocycles. The average Bonchev–Trinajstić information content (AvgIpc) is 2.55. The van der Waals surface area contributed by atoms with E-state index in [9.17, 15) is 4.39 Å². The fourth-order valence-corrected chi connectivity index (χ4v) is 1.97. The lowest BCUT2D eigenvalue weighted by atomic mass is 10.3. The first kappa shape index (κ1) is 15.0. The van der Waals surface area contributed by atoms with E-state index in [1.807, 2.05) is 0 Å². The zero-order chi connectivity index (χ0) is 16.2. The molecule has 0 spiro atoms. The second-order valence-electron chi connectivity index (χ2n) is 4.58. The van der Waals surface area contributed by atoms with E-state index in [1.54, 1.807) is 30.3 Å². The van der Waals surface area contributed by atoms with Crippen LogP contribution >= 0.6 is 11.6 Å². The molecule has 0 aliphatic carbocycles. The molecule has 0 amide bonds. The molecule has 0 fully saturated rings. The second kappa shape index (κ2) is 6.45. The molecular formula is C15H12ClFN6. The third kappa shape index (κ3) is 3.46. The van der Waals surface area contributed by atoms with Gasteiger partial charge in [0.1, 0.15) is 23.6 Å². The number of aromatic nitrogens is 3. The van der Waals surface area contributed by atoms with Crippen molar-refractivity contribution in [1.82, 2.24) is 15.0 Å². The molecule has 0 saturated heterocycles. The number of nitrogens with two attached hydrogens (primary N) is 1. The maximum Gasteiger partial charge on any atom is 0.160 e. The van der Waals surface area contributed by atoms with Crippen LogP contribution in [0, 0.1) is 5.82 Å². The number of nitrogens with zero attached hydrogens (tertiary/aromatic N) is 3. The first-order valence-corrected chi connectivity index (χ1v) is 7.02. The molecule has 23 heavy (non-hydrogen) atoms. The molecule has 2 heterocycles. The van der Waals surface area contributed by atoms with E-state index >= 15 is 0 Å². The Morgan fingerprint density at radius 3 is 2.39 bits per heavy atom. The minimum Gasteiger partial charge on any atom is -0.393 e. The van der Waals surface area contributed by atoms with Crippen LogP contribution in [0.1, 0.15) is 0 Å². The standard InChI is InChI=1S/C15H12ClFN6/c16-9-5-6-12(19-7-9)23-15-13(18)14(20-8-21-15)22-11-4-2-1-3-10(11)17/h1-8H,18H2,(H2,19,20,21,22,23). The number of anilines is 5. The summed E-state index contributed by atoms with van der Waals surface area (Å²) in [5.74, 6) is 0.770. The van der Waals surface area contributed by atoms with Gasteiger partial charge >= 0.3 is 0 Å². The molecule has 0 aliphatic rings. The molecule has 6 nitrogen and oxygen atoms in total. The highest BCUT2D eigenvalue weighted by atomic mass is 35.5. The molecule has 0 saturated carbocycles. The second-order valence-corrected chi connectivity index (χ2v) is 5.01. The van der Waals surface area contributed by atoms with Crippen molar-refractivity contribution >= 4 is 40.4 Å². The number of pyridine rings is 1. The normalized spacial score (nSPS) is 10.3.